The summed E-state index contributed by atoms with van der Waals surface area (Å²) in [7, 11) is 1.75. The molecule has 0 bridgehead atoms. The summed E-state index contributed by atoms with van der Waals surface area (Å²) in [5, 5.41) is 11.7. The van der Waals surface area contributed by atoms with Crippen LogP contribution in [-0.2, 0) is 13.2 Å². The van der Waals surface area contributed by atoms with E-state index in [-0.39, 0.29) is 6.61 Å². The number of hydrogen-bond acceptors (Lipinski definition) is 3. The Morgan fingerprint density at radius 3 is 2.28 bits per heavy atom. The van der Waals surface area contributed by atoms with Crippen LogP contribution >= 0.6 is 35.0 Å². The highest BCUT2D eigenvalue weighted by Gasteiger charge is 2.18. The molecule has 198 valence electrons. The van der Waals surface area contributed by atoms with Gasteiger partial charge in [0.05, 0.1) is 17.3 Å². The summed E-state index contributed by atoms with van der Waals surface area (Å²) in [6, 6.07) is 12.1. The Labute approximate surface area is 233 Å². The van der Waals surface area contributed by atoms with E-state index >= 15 is 0 Å². The van der Waals surface area contributed by atoms with Gasteiger partial charge in [-0.3, -0.25) is 4.99 Å². The highest BCUT2D eigenvalue weighted by molar-refractivity contribution is 8.03. The van der Waals surface area contributed by atoms with Crippen molar-refractivity contribution in [3.63, 3.8) is 0 Å². The molecule has 0 aliphatic heterocycles. The van der Waals surface area contributed by atoms with Crippen molar-refractivity contribution in [3.8, 4) is 11.3 Å². The van der Waals surface area contributed by atoms with Crippen LogP contribution in [0.1, 0.15) is 54.0 Å². The monoisotopic (exact) mass is 548 g/mol. The first kappa shape index (κ1) is 34.0. The van der Waals surface area contributed by atoms with Crippen LogP contribution in [0.3, 0.4) is 0 Å². The van der Waals surface area contributed by atoms with Gasteiger partial charge in [0, 0.05) is 40.8 Å². The number of halogens is 2. The molecule has 0 saturated carbocycles. The normalized spacial score (nSPS) is 12.6. The lowest BCUT2D eigenvalue weighted by Crippen LogP contribution is -2.04. The van der Waals surface area contributed by atoms with Crippen molar-refractivity contribution in [2.45, 2.75) is 66.6 Å². The molecule has 2 rings (SSSR count). The van der Waals surface area contributed by atoms with Crippen LogP contribution in [0.5, 0.6) is 0 Å². The van der Waals surface area contributed by atoms with Gasteiger partial charge in [-0.15, -0.1) is 0 Å². The summed E-state index contributed by atoms with van der Waals surface area (Å²) in [6.45, 7) is 15.1. The topological polar surface area (TPSA) is 37.5 Å². The van der Waals surface area contributed by atoms with Crippen LogP contribution in [0.4, 0.5) is 0 Å². The fraction of sp³-hybridized carbons (Fsp3) is 0.367. The van der Waals surface area contributed by atoms with Gasteiger partial charge in [0.15, 0.2) is 0 Å². The fourth-order valence-corrected chi connectivity index (χ4v) is 4.32. The smallest absolute Gasteiger partial charge is 0.0808 e. The van der Waals surface area contributed by atoms with Gasteiger partial charge in [0.25, 0.3) is 0 Å². The minimum atomic E-state index is -0.0516. The SMILES string of the molecule is CC.CC(C)C.C\C=C(Cl)/C=C(\C=C\Cl)Sc1cc(CO)c(-c2ccccc2)n1C/C(C)=C/C=NC. The van der Waals surface area contributed by atoms with E-state index in [9.17, 15) is 5.11 Å². The van der Waals surface area contributed by atoms with Crippen LogP contribution in [0, 0.1) is 5.92 Å². The van der Waals surface area contributed by atoms with E-state index in [1.165, 1.54) is 5.54 Å². The number of aliphatic hydroxyl groups excluding tert-OH is 1. The van der Waals surface area contributed by atoms with E-state index in [0.717, 1.165) is 38.2 Å². The third-order valence-electron chi connectivity index (χ3n) is 4.28. The van der Waals surface area contributed by atoms with Crippen molar-refractivity contribution in [1.82, 2.24) is 4.57 Å². The third kappa shape index (κ3) is 12.8. The Morgan fingerprint density at radius 2 is 1.78 bits per heavy atom. The first-order valence-electron chi connectivity index (χ1n) is 12.2. The molecule has 3 nitrogen and oxygen atoms in total. The number of aliphatic hydroxyl groups is 1. The maximum atomic E-state index is 10.1. The number of aromatic nitrogens is 1. The summed E-state index contributed by atoms with van der Waals surface area (Å²) >= 11 is 13.6. The molecule has 2 aromatic rings. The van der Waals surface area contributed by atoms with Crippen molar-refractivity contribution < 1.29 is 5.11 Å². The minimum absolute atomic E-state index is 0.0516. The molecule has 0 saturated heterocycles. The van der Waals surface area contributed by atoms with E-state index in [0.29, 0.717) is 11.6 Å². The number of allylic oxidation sites excluding steroid dienone is 6. The van der Waals surface area contributed by atoms with Crippen molar-refractivity contribution in [3.05, 3.63) is 87.3 Å². The highest BCUT2D eigenvalue weighted by Crippen LogP contribution is 2.37. The van der Waals surface area contributed by atoms with Crippen molar-refractivity contribution in [2.24, 2.45) is 10.9 Å². The maximum Gasteiger partial charge on any atom is 0.0808 e. The summed E-state index contributed by atoms with van der Waals surface area (Å²) in [4.78, 5) is 4.94. The molecule has 0 unspecified atom stereocenters. The van der Waals surface area contributed by atoms with Gasteiger partial charge >= 0.3 is 0 Å². The molecule has 6 heteroatoms. The third-order valence-corrected chi connectivity index (χ3v) is 5.77. The Bertz CT molecular complexity index is 1030. The second-order valence-corrected chi connectivity index (χ2v) is 10.0. The zero-order valence-corrected chi connectivity index (χ0v) is 25.3. The largest absolute Gasteiger partial charge is 0.392 e. The lowest BCUT2D eigenvalue weighted by atomic mass is 10.1. The number of hydrogen-bond donors (Lipinski definition) is 1. The Morgan fingerprint density at radius 1 is 1.17 bits per heavy atom. The summed E-state index contributed by atoms with van der Waals surface area (Å²) in [5.74, 6) is 0.833. The summed E-state index contributed by atoms with van der Waals surface area (Å²) < 4.78 is 2.21. The molecule has 0 amide bonds. The lowest BCUT2D eigenvalue weighted by Gasteiger charge is -2.15. The Hall–Kier alpha value is -1.98. The molecule has 0 radical (unpaired) electrons. The predicted octanol–water partition coefficient (Wildman–Crippen LogP) is 9.85. The second-order valence-electron chi connectivity index (χ2n) is 8.23. The molecule has 0 aliphatic rings. The van der Waals surface area contributed by atoms with Gasteiger partial charge in [-0.2, -0.15) is 0 Å². The average Bonchev–Trinajstić information content (AvgIpc) is 3.20. The van der Waals surface area contributed by atoms with Crippen LogP contribution in [-0.4, -0.2) is 22.9 Å². The first-order valence-corrected chi connectivity index (χ1v) is 13.8. The van der Waals surface area contributed by atoms with E-state index in [2.05, 4.69) is 49.4 Å². The zero-order chi connectivity index (χ0) is 27.5. The van der Waals surface area contributed by atoms with Gasteiger partial charge in [0.1, 0.15) is 0 Å². The van der Waals surface area contributed by atoms with Gasteiger partial charge in [-0.05, 0) is 49.6 Å². The molecule has 0 spiro atoms. The van der Waals surface area contributed by atoms with Crippen molar-refractivity contribution in [2.75, 3.05) is 7.05 Å². The molecule has 0 fully saturated rings. The van der Waals surface area contributed by atoms with Crippen molar-refractivity contribution >= 4 is 41.2 Å². The van der Waals surface area contributed by atoms with E-state index in [1.807, 2.05) is 69.3 Å². The molecule has 36 heavy (non-hydrogen) atoms. The number of benzene rings is 1. The van der Waals surface area contributed by atoms with Crippen LogP contribution in [0.2, 0.25) is 0 Å². The lowest BCUT2D eigenvalue weighted by molar-refractivity contribution is 0.282. The highest BCUT2D eigenvalue weighted by atomic mass is 35.5. The van der Waals surface area contributed by atoms with E-state index in [4.69, 9.17) is 23.2 Å². The predicted molar refractivity (Wildman–Crippen MR) is 164 cm³/mol. The molecule has 0 aliphatic carbocycles. The van der Waals surface area contributed by atoms with Gasteiger partial charge in [0.2, 0.25) is 0 Å². The molecule has 0 atom stereocenters. The zero-order valence-electron chi connectivity index (χ0n) is 22.9. The number of aliphatic imine (C=N–C) groups is 1. The van der Waals surface area contributed by atoms with Crippen LogP contribution in [0.15, 0.2) is 91.8 Å². The Kier molecular flexibility index (Phi) is 19.0. The number of rotatable bonds is 9. The van der Waals surface area contributed by atoms with Crippen LogP contribution < -0.4 is 0 Å². The van der Waals surface area contributed by atoms with E-state index in [1.54, 1.807) is 25.0 Å². The standard InChI is InChI=1S/C24H26Cl2N2OS.C4H10.C2H6/c1-4-21(26)15-22(10-12-25)30-23-14-20(17-29)24(19-8-6-5-7-9-19)28(23)16-18(2)11-13-27-3;1-4(2)3;1-2/h4-15,29H,16-17H2,1-3H3;4H,1-3H3;1-2H3/b12-10+,18-11+,21-4+,22-15+,27-13?;;. The number of nitrogens with zero attached hydrogens (tertiary/aromatic N) is 2. The molecular weight excluding hydrogens is 507 g/mol. The quantitative estimate of drug-likeness (QED) is 0.192. The summed E-state index contributed by atoms with van der Waals surface area (Å²) in [6.07, 6.45) is 9.29. The molecular formula is C30H42Cl2N2OS. The number of thioether (sulfide) groups is 1. The summed E-state index contributed by atoms with van der Waals surface area (Å²) in [5.41, 5.74) is 5.53. The molecule has 1 aromatic heterocycles. The van der Waals surface area contributed by atoms with Crippen molar-refractivity contribution in [1.29, 1.82) is 0 Å². The minimum Gasteiger partial charge on any atom is -0.392 e. The average molecular weight is 550 g/mol. The van der Waals surface area contributed by atoms with Gasteiger partial charge in [-0.25, -0.2) is 0 Å². The molecule has 1 aromatic carbocycles. The first-order chi connectivity index (χ1) is 17.3. The Balaban J connectivity index is 0.00000185. The maximum absolute atomic E-state index is 10.1. The molecule has 1 heterocycles. The second kappa shape index (κ2) is 20.1. The van der Waals surface area contributed by atoms with Gasteiger partial charge in [-0.1, -0.05) is 112 Å². The van der Waals surface area contributed by atoms with Gasteiger partial charge < -0.3 is 9.67 Å². The van der Waals surface area contributed by atoms with Crippen LogP contribution in [0.25, 0.3) is 11.3 Å². The van der Waals surface area contributed by atoms with E-state index < -0.39 is 0 Å². The molecule has 1 N–H and O–H groups in total. The fourth-order valence-electron chi connectivity index (χ4n) is 2.90.